The van der Waals surface area contributed by atoms with Crippen LogP contribution in [0.25, 0.3) is 5.95 Å². The van der Waals surface area contributed by atoms with Crippen molar-refractivity contribution in [3.63, 3.8) is 0 Å². The van der Waals surface area contributed by atoms with Crippen molar-refractivity contribution in [1.82, 2.24) is 24.6 Å². The number of likely N-dealkylation sites (tertiary alicyclic amines) is 1. The normalized spacial score (nSPS) is 18.6. The van der Waals surface area contributed by atoms with Crippen LogP contribution in [-0.2, 0) is 0 Å². The maximum atomic E-state index is 12.8. The zero-order valence-corrected chi connectivity index (χ0v) is 14.8. The van der Waals surface area contributed by atoms with E-state index < -0.39 is 0 Å². The summed E-state index contributed by atoms with van der Waals surface area (Å²) in [5, 5.41) is 7.60. The van der Waals surface area contributed by atoms with Gasteiger partial charge in [-0.05, 0) is 43.1 Å². The molecule has 3 heterocycles. The number of nitrogens with one attached hydrogen (secondary N) is 1. The zero-order valence-electron chi connectivity index (χ0n) is 14.8. The molecule has 132 valence electrons. The van der Waals surface area contributed by atoms with Gasteiger partial charge in [0.15, 0.2) is 0 Å². The monoisotopic (exact) mass is 340 g/mol. The van der Waals surface area contributed by atoms with Gasteiger partial charge in [0.2, 0.25) is 0 Å². The van der Waals surface area contributed by atoms with Gasteiger partial charge in [0, 0.05) is 31.5 Å². The number of nitrogens with zero attached hydrogens (tertiary/aromatic N) is 5. The summed E-state index contributed by atoms with van der Waals surface area (Å²) in [4.78, 5) is 23.2. The molecule has 1 aliphatic carbocycles. The SMILES string of the molecule is CC(C)c1cc(NC(=O)N2CCCC3(CC3)C2)n(-c2ncccn2)n1. The summed E-state index contributed by atoms with van der Waals surface area (Å²) in [6.45, 7) is 5.84. The topological polar surface area (TPSA) is 75.9 Å². The number of rotatable bonds is 3. The van der Waals surface area contributed by atoms with Crippen LogP contribution < -0.4 is 5.32 Å². The highest BCUT2D eigenvalue weighted by Crippen LogP contribution is 2.52. The third kappa shape index (κ3) is 3.23. The second kappa shape index (κ2) is 6.13. The molecular formula is C18H24N6O. The number of anilines is 1. The van der Waals surface area contributed by atoms with Gasteiger partial charge in [-0.15, -0.1) is 0 Å². The molecule has 1 saturated carbocycles. The van der Waals surface area contributed by atoms with Gasteiger partial charge in [0.1, 0.15) is 5.82 Å². The molecular weight excluding hydrogens is 316 g/mol. The molecule has 7 nitrogen and oxygen atoms in total. The van der Waals surface area contributed by atoms with Crippen LogP contribution in [0.2, 0.25) is 0 Å². The third-order valence-corrected chi connectivity index (χ3v) is 5.20. The van der Waals surface area contributed by atoms with Gasteiger partial charge >= 0.3 is 6.03 Å². The summed E-state index contributed by atoms with van der Waals surface area (Å²) < 4.78 is 1.62. The summed E-state index contributed by atoms with van der Waals surface area (Å²) in [5.41, 5.74) is 1.31. The zero-order chi connectivity index (χ0) is 17.4. The van der Waals surface area contributed by atoms with Gasteiger partial charge in [-0.3, -0.25) is 5.32 Å². The van der Waals surface area contributed by atoms with E-state index in [-0.39, 0.29) is 11.9 Å². The molecule has 2 aliphatic rings. The first-order valence-corrected chi connectivity index (χ1v) is 9.00. The lowest BCUT2D eigenvalue weighted by molar-refractivity contribution is 0.169. The van der Waals surface area contributed by atoms with Crippen LogP contribution in [0, 0.1) is 5.41 Å². The predicted octanol–water partition coefficient (Wildman–Crippen LogP) is 3.19. The number of hydrogen-bond donors (Lipinski definition) is 1. The highest BCUT2D eigenvalue weighted by atomic mass is 16.2. The fourth-order valence-electron chi connectivity index (χ4n) is 3.48. The molecule has 1 N–H and O–H groups in total. The molecule has 0 bridgehead atoms. The number of carbonyl (C=O) groups is 1. The fourth-order valence-corrected chi connectivity index (χ4v) is 3.48. The first-order valence-electron chi connectivity index (χ1n) is 9.00. The molecule has 2 amide bonds. The quantitative estimate of drug-likeness (QED) is 0.931. The number of aromatic nitrogens is 4. The van der Waals surface area contributed by atoms with Crippen LogP contribution in [0.15, 0.2) is 24.5 Å². The standard InChI is InChI=1S/C18H24N6O/c1-13(2)14-11-15(24(22-14)16-19-8-4-9-20-16)21-17(25)23-10-3-5-18(12-23)6-7-18/h4,8-9,11,13H,3,5-7,10,12H2,1-2H3,(H,21,25). The van der Waals surface area contributed by atoms with Crippen LogP contribution >= 0.6 is 0 Å². The lowest BCUT2D eigenvalue weighted by Gasteiger charge is -2.32. The van der Waals surface area contributed by atoms with Gasteiger partial charge in [0.05, 0.1) is 5.69 Å². The van der Waals surface area contributed by atoms with Crippen molar-refractivity contribution < 1.29 is 4.79 Å². The Labute approximate surface area is 147 Å². The molecule has 0 aromatic carbocycles. The second-order valence-electron chi connectivity index (χ2n) is 7.53. The molecule has 1 aliphatic heterocycles. The minimum absolute atomic E-state index is 0.0571. The molecule has 2 aromatic heterocycles. The Bertz CT molecular complexity index is 765. The van der Waals surface area contributed by atoms with Crippen molar-refractivity contribution in [2.24, 2.45) is 5.41 Å². The molecule has 1 spiro atoms. The Morgan fingerprint density at radius 2 is 2.00 bits per heavy atom. The van der Waals surface area contributed by atoms with E-state index in [9.17, 15) is 4.79 Å². The Morgan fingerprint density at radius 3 is 2.68 bits per heavy atom. The van der Waals surface area contributed by atoms with E-state index in [0.29, 0.717) is 17.2 Å². The van der Waals surface area contributed by atoms with Crippen LogP contribution in [0.3, 0.4) is 0 Å². The van der Waals surface area contributed by atoms with Gasteiger partial charge in [-0.25, -0.2) is 14.8 Å². The molecule has 0 radical (unpaired) electrons. The van der Waals surface area contributed by atoms with Crippen LogP contribution in [0.4, 0.5) is 10.6 Å². The van der Waals surface area contributed by atoms with Crippen LogP contribution in [0.5, 0.6) is 0 Å². The van der Waals surface area contributed by atoms with E-state index in [1.165, 1.54) is 19.3 Å². The number of urea groups is 1. The van der Waals surface area contributed by atoms with Gasteiger partial charge in [0.25, 0.3) is 5.95 Å². The maximum Gasteiger partial charge on any atom is 0.323 e. The van der Waals surface area contributed by atoms with E-state index in [0.717, 1.165) is 25.2 Å². The van der Waals surface area contributed by atoms with Crippen molar-refractivity contribution in [2.45, 2.75) is 45.4 Å². The molecule has 4 rings (SSSR count). The Hall–Kier alpha value is -2.44. The Balaban J connectivity index is 1.57. The van der Waals surface area contributed by atoms with Crippen molar-refractivity contribution >= 4 is 11.8 Å². The average Bonchev–Trinajstić information content (AvgIpc) is 3.21. The molecule has 0 atom stereocenters. The van der Waals surface area contributed by atoms with Gasteiger partial charge in [-0.1, -0.05) is 13.8 Å². The average molecular weight is 340 g/mol. The smallest absolute Gasteiger partial charge is 0.323 e. The van der Waals surface area contributed by atoms with Gasteiger partial charge < -0.3 is 4.90 Å². The number of piperidine rings is 1. The molecule has 25 heavy (non-hydrogen) atoms. The minimum atomic E-state index is -0.0571. The van der Waals surface area contributed by atoms with E-state index in [1.807, 2.05) is 11.0 Å². The van der Waals surface area contributed by atoms with Crippen molar-refractivity contribution in [3.05, 3.63) is 30.2 Å². The van der Waals surface area contributed by atoms with Crippen molar-refractivity contribution in [3.8, 4) is 5.95 Å². The van der Waals surface area contributed by atoms with E-state index in [4.69, 9.17) is 0 Å². The van der Waals surface area contributed by atoms with E-state index >= 15 is 0 Å². The molecule has 0 unspecified atom stereocenters. The summed E-state index contributed by atoms with van der Waals surface area (Å²) in [5.74, 6) is 1.34. The summed E-state index contributed by atoms with van der Waals surface area (Å²) in [6, 6.07) is 3.62. The fraction of sp³-hybridized carbons (Fsp3) is 0.556. The highest BCUT2D eigenvalue weighted by Gasteiger charge is 2.46. The molecule has 2 fully saturated rings. The number of carbonyl (C=O) groups excluding carboxylic acids is 1. The summed E-state index contributed by atoms with van der Waals surface area (Å²) in [7, 11) is 0. The maximum absolute atomic E-state index is 12.8. The first-order chi connectivity index (χ1) is 12.1. The predicted molar refractivity (Wildman–Crippen MR) is 94.7 cm³/mol. The van der Waals surface area contributed by atoms with E-state index in [1.54, 1.807) is 23.1 Å². The largest absolute Gasteiger partial charge is 0.324 e. The van der Waals surface area contributed by atoms with Crippen LogP contribution in [-0.4, -0.2) is 43.8 Å². The highest BCUT2D eigenvalue weighted by molar-refractivity contribution is 5.89. The van der Waals surface area contributed by atoms with Crippen LogP contribution in [0.1, 0.15) is 51.1 Å². The number of hydrogen-bond acceptors (Lipinski definition) is 4. The number of amides is 2. The third-order valence-electron chi connectivity index (χ3n) is 5.20. The Kier molecular flexibility index (Phi) is 3.94. The lowest BCUT2D eigenvalue weighted by Crippen LogP contribution is -2.43. The first kappa shape index (κ1) is 16.1. The van der Waals surface area contributed by atoms with Crippen molar-refractivity contribution in [1.29, 1.82) is 0 Å². The second-order valence-corrected chi connectivity index (χ2v) is 7.53. The van der Waals surface area contributed by atoms with Gasteiger partial charge in [-0.2, -0.15) is 9.78 Å². The van der Waals surface area contributed by atoms with E-state index in [2.05, 4.69) is 34.2 Å². The minimum Gasteiger partial charge on any atom is -0.324 e. The molecule has 2 aromatic rings. The Morgan fingerprint density at radius 1 is 1.24 bits per heavy atom. The van der Waals surface area contributed by atoms with Crippen molar-refractivity contribution in [2.75, 3.05) is 18.4 Å². The summed E-state index contributed by atoms with van der Waals surface area (Å²) >= 11 is 0. The summed E-state index contributed by atoms with van der Waals surface area (Å²) in [6.07, 6.45) is 8.20. The lowest BCUT2D eigenvalue weighted by atomic mass is 9.95. The molecule has 1 saturated heterocycles. The molecule has 7 heteroatoms.